The third kappa shape index (κ3) is 2.59. The Morgan fingerprint density at radius 1 is 1.32 bits per heavy atom. The number of hydrogen-bond acceptors (Lipinski definition) is 3. The molecular weight excluding hydrogens is 246 g/mol. The highest BCUT2D eigenvalue weighted by Gasteiger charge is 2.18. The van der Waals surface area contributed by atoms with Crippen molar-refractivity contribution in [2.24, 2.45) is 5.11 Å². The molecule has 2 aromatic carbocycles. The fraction of sp³-hybridized carbons (Fsp3) is 0.154. The van der Waals surface area contributed by atoms with Crippen LogP contribution >= 0.6 is 0 Å². The first-order valence-corrected chi connectivity index (χ1v) is 5.50. The zero-order chi connectivity index (χ0) is 13.8. The number of azide groups is 1. The zero-order valence-electron chi connectivity index (χ0n) is 10.1. The summed E-state index contributed by atoms with van der Waals surface area (Å²) in [7, 11) is 1.58. The Morgan fingerprint density at radius 2 is 2.00 bits per heavy atom. The number of nitrogens with zero attached hydrogens (tertiary/aromatic N) is 3. The van der Waals surface area contributed by atoms with Crippen molar-refractivity contribution >= 4 is 16.7 Å². The van der Waals surface area contributed by atoms with Crippen LogP contribution < -0.4 is 4.74 Å². The van der Waals surface area contributed by atoms with Gasteiger partial charge in [0.25, 0.3) is 0 Å². The first-order chi connectivity index (χ1) is 9.15. The summed E-state index contributed by atoms with van der Waals surface area (Å²) in [6, 6.07) is 9.36. The summed E-state index contributed by atoms with van der Waals surface area (Å²) < 4.78 is 5.12. The molecule has 0 bridgehead atoms. The molecule has 6 heteroatoms. The van der Waals surface area contributed by atoms with E-state index in [1.165, 1.54) is 0 Å². The summed E-state index contributed by atoms with van der Waals surface area (Å²) in [6.07, 6.45) is 0. The van der Waals surface area contributed by atoms with Crippen molar-refractivity contribution in [2.75, 3.05) is 7.11 Å². The van der Waals surface area contributed by atoms with Crippen molar-refractivity contribution in [3.63, 3.8) is 0 Å². The number of hydrogen-bond donors (Lipinski definition) is 1. The fourth-order valence-electron chi connectivity index (χ4n) is 1.85. The topological polar surface area (TPSA) is 95.3 Å². The highest BCUT2D eigenvalue weighted by Crippen LogP contribution is 2.26. The number of carboxylic acid groups (broad SMARTS) is 1. The maximum atomic E-state index is 11.0. The van der Waals surface area contributed by atoms with Crippen LogP contribution in [0.15, 0.2) is 41.5 Å². The van der Waals surface area contributed by atoms with Gasteiger partial charge in [-0.1, -0.05) is 29.4 Å². The lowest BCUT2D eigenvalue weighted by molar-refractivity contribution is -0.138. The van der Waals surface area contributed by atoms with E-state index in [1.54, 1.807) is 31.4 Å². The minimum atomic E-state index is -1.21. The molecule has 96 valence electrons. The van der Waals surface area contributed by atoms with Gasteiger partial charge in [-0.3, -0.25) is 4.79 Å². The van der Waals surface area contributed by atoms with E-state index < -0.39 is 12.0 Å². The van der Waals surface area contributed by atoms with E-state index in [0.717, 1.165) is 16.5 Å². The van der Waals surface area contributed by atoms with E-state index in [1.807, 2.05) is 12.1 Å². The highest BCUT2D eigenvalue weighted by atomic mass is 16.5. The van der Waals surface area contributed by atoms with Crippen LogP contribution in [0.3, 0.4) is 0 Å². The predicted octanol–water partition coefficient (Wildman–Crippen LogP) is 3.28. The molecule has 2 rings (SSSR count). The van der Waals surface area contributed by atoms with Crippen molar-refractivity contribution in [1.82, 2.24) is 0 Å². The van der Waals surface area contributed by atoms with Gasteiger partial charge < -0.3 is 9.84 Å². The standard InChI is InChI=1S/C13H11N3O3/c1-19-11-5-4-8-6-10(3-2-9(8)7-11)12(13(17)18)15-16-14/h2-7,12H,1H3,(H,17,18)/t12-/m0/s1. The molecule has 1 N–H and O–H groups in total. The molecule has 2 aromatic rings. The van der Waals surface area contributed by atoms with Gasteiger partial charge in [0.1, 0.15) is 5.75 Å². The van der Waals surface area contributed by atoms with Crippen molar-refractivity contribution in [2.45, 2.75) is 6.04 Å². The summed E-state index contributed by atoms with van der Waals surface area (Å²) in [5.74, 6) is -0.448. The lowest BCUT2D eigenvalue weighted by Crippen LogP contribution is -2.08. The molecule has 0 radical (unpaired) electrons. The maximum Gasteiger partial charge on any atom is 0.316 e. The molecule has 19 heavy (non-hydrogen) atoms. The second-order valence-electron chi connectivity index (χ2n) is 3.92. The van der Waals surface area contributed by atoms with Gasteiger partial charge in [-0.05, 0) is 34.0 Å². The fourth-order valence-corrected chi connectivity index (χ4v) is 1.85. The predicted molar refractivity (Wildman–Crippen MR) is 70.0 cm³/mol. The summed E-state index contributed by atoms with van der Waals surface area (Å²) in [5, 5.41) is 14.1. The van der Waals surface area contributed by atoms with Gasteiger partial charge in [0.15, 0.2) is 6.04 Å². The average molecular weight is 257 g/mol. The number of benzene rings is 2. The van der Waals surface area contributed by atoms with Crippen LogP contribution in [0, 0.1) is 0 Å². The lowest BCUT2D eigenvalue weighted by Gasteiger charge is -2.08. The molecule has 0 aliphatic carbocycles. The van der Waals surface area contributed by atoms with Crippen molar-refractivity contribution < 1.29 is 14.6 Å². The molecule has 6 nitrogen and oxygen atoms in total. The maximum absolute atomic E-state index is 11.0. The van der Waals surface area contributed by atoms with Gasteiger partial charge >= 0.3 is 5.97 Å². The normalized spacial score (nSPS) is 11.6. The quantitative estimate of drug-likeness (QED) is 0.517. The molecule has 0 saturated heterocycles. The number of rotatable bonds is 4. The molecule has 0 unspecified atom stereocenters. The zero-order valence-corrected chi connectivity index (χ0v) is 10.1. The Morgan fingerprint density at radius 3 is 2.63 bits per heavy atom. The molecule has 0 aliphatic rings. The Bertz CT molecular complexity index is 676. The minimum absolute atomic E-state index is 0.447. The molecule has 0 heterocycles. The van der Waals surface area contributed by atoms with Crippen LogP contribution in [0.25, 0.3) is 21.2 Å². The van der Waals surface area contributed by atoms with Gasteiger partial charge in [-0.15, -0.1) is 0 Å². The molecule has 0 saturated carbocycles. The van der Waals surface area contributed by atoms with Crippen LogP contribution in [0.5, 0.6) is 5.75 Å². The monoisotopic (exact) mass is 257 g/mol. The second kappa shape index (κ2) is 5.29. The van der Waals surface area contributed by atoms with Gasteiger partial charge in [-0.2, -0.15) is 0 Å². The van der Waals surface area contributed by atoms with E-state index in [9.17, 15) is 4.79 Å². The smallest absolute Gasteiger partial charge is 0.316 e. The number of methoxy groups -OCH3 is 1. The second-order valence-corrected chi connectivity index (χ2v) is 3.92. The van der Waals surface area contributed by atoms with Gasteiger partial charge in [-0.25, -0.2) is 0 Å². The van der Waals surface area contributed by atoms with Crippen LogP contribution in [0.2, 0.25) is 0 Å². The third-order valence-electron chi connectivity index (χ3n) is 2.79. The molecule has 0 fully saturated rings. The van der Waals surface area contributed by atoms with E-state index in [4.69, 9.17) is 15.4 Å². The molecule has 0 aliphatic heterocycles. The Balaban J connectivity index is 2.51. The summed E-state index contributed by atoms with van der Waals surface area (Å²) >= 11 is 0. The summed E-state index contributed by atoms with van der Waals surface area (Å²) in [5.41, 5.74) is 8.85. The van der Waals surface area contributed by atoms with Crippen LogP contribution in [-0.2, 0) is 4.79 Å². The first-order valence-electron chi connectivity index (χ1n) is 5.50. The van der Waals surface area contributed by atoms with E-state index in [-0.39, 0.29) is 0 Å². The van der Waals surface area contributed by atoms with E-state index in [0.29, 0.717) is 5.56 Å². The Hall–Kier alpha value is -2.72. The molecule has 0 aromatic heterocycles. The van der Waals surface area contributed by atoms with Crippen molar-refractivity contribution in [3.05, 3.63) is 52.4 Å². The first kappa shape index (κ1) is 12.7. The molecular formula is C13H11N3O3. The Labute approximate surface area is 108 Å². The third-order valence-corrected chi connectivity index (χ3v) is 2.79. The number of ether oxygens (including phenoxy) is 1. The highest BCUT2D eigenvalue weighted by molar-refractivity contribution is 5.86. The van der Waals surface area contributed by atoms with Crippen LogP contribution in [-0.4, -0.2) is 18.2 Å². The molecule has 0 amide bonds. The van der Waals surface area contributed by atoms with Crippen LogP contribution in [0.1, 0.15) is 11.6 Å². The largest absolute Gasteiger partial charge is 0.497 e. The lowest BCUT2D eigenvalue weighted by atomic mass is 10.0. The number of aliphatic carboxylic acids is 1. The van der Waals surface area contributed by atoms with Crippen LogP contribution in [0.4, 0.5) is 0 Å². The van der Waals surface area contributed by atoms with E-state index in [2.05, 4.69) is 10.0 Å². The summed E-state index contributed by atoms with van der Waals surface area (Å²) in [4.78, 5) is 13.6. The SMILES string of the molecule is COc1ccc2cc([C@H](N=[N+]=[N-])C(=O)O)ccc2c1. The summed E-state index contributed by atoms with van der Waals surface area (Å²) in [6.45, 7) is 0. The minimum Gasteiger partial charge on any atom is -0.497 e. The van der Waals surface area contributed by atoms with Gasteiger partial charge in [0, 0.05) is 4.91 Å². The number of carboxylic acids is 1. The van der Waals surface area contributed by atoms with Crippen molar-refractivity contribution in [3.8, 4) is 5.75 Å². The van der Waals surface area contributed by atoms with Gasteiger partial charge in [0.2, 0.25) is 0 Å². The number of fused-ring (bicyclic) bond motifs is 1. The van der Waals surface area contributed by atoms with Crippen molar-refractivity contribution in [1.29, 1.82) is 0 Å². The number of carbonyl (C=O) groups is 1. The van der Waals surface area contributed by atoms with Gasteiger partial charge in [0.05, 0.1) is 7.11 Å². The Kier molecular flexibility index (Phi) is 3.54. The average Bonchev–Trinajstić information content (AvgIpc) is 2.43. The van der Waals surface area contributed by atoms with E-state index >= 15 is 0 Å². The molecule has 0 spiro atoms. The molecule has 1 atom stereocenters.